The van der Waals surface area contributed by atoms with Crippen molar-refractivity contribution in [3.63, 3.8) is 0 Å². The fourth-order valence-electron chi connectivity index (χ4n) is 2.67. The van der Waals surface area contributed by atoms with Gasteiger partial charge in [0.05, 0.1) is 25.4 Å². The van der Waals surface area contributed by atoms with Gasteiger partial charge in [-0.05, 0) is 18.2 Å². The van der Waals surface area contributed by atoms with Crippen LogP contribution in [0.2, 0.25) is 0 Å². The Morgan fingerprint density at radius 3 is 2.60 bits per heavy atom. The molecule has 0 saturated heterocycles. The molecule has 0 radical (unpaired) electrons. The van der Waals surface area contributed by atoms with Crippen molar-refractivity contribution in [2.24, 2.45) is 0 Å². The lowest BCUT2D eigenvalue weighted by atomic mass is 10.1. The fraction of sp³-hybridized carbons (Fsp3) is 0.200. The summed E-state index contributed by atoms with van der Waals surface area (Å²) in [5.41, 5.74) is 2.87. The summed E-state index contributed by atoms with van der Waals surface area (Å²) in [6.45, 7) is 0.515. The third kappa shape index (κ3) is 4.07. The average molecular weight is 335 g/mol. The number of aromatic nitrogens is 2. The Hall–Kier alpha value is -3.08. The number of carbonyl (C=O) groups is 1. The normalized spacial score (nSPS) is 10.5. The van der Waals surface area contributed by atoms with Crippen LogP contribution in [0.15, 0.2) is 67.0 Å². The molecule has 2 aromatic carbocycles. The van der Waals surface area contributed by atoms with Gasteiger partial charge in [0.25, 0.3) is 0 Å². The van der Waals surface area contributed by atoms with Crippen molar-refractivity contribution >= 4 is 5.91 Å². The molecule has 5 nitrogen and oxygen atoms in total. The SMILES string of the molecule is COc1ccccc1CC(=O)N(C)Cc1cnn(-c2ccccc2)c1. The Morgan fingerprint density at radius 2 is 1.84 bits per heavy atom. The molecule has 0 bridgehead atoms. The second-order valence-electron chi connectivity index (χ2n) is 5.87. The molecule has 1 amide bonds. The lowest BCUT2D eigenvalue weighted by Crippen LogP contribution is -2.27. The number of para-hydroxylation sites is 2. The summed E-state index contributed by atoms with van der Waals surface area (Å²) in [6, 6.07) is 17.5. The minimum absolute atomic E-state index is 0.0389. The molecule has 0 spiro atoms. The van der Waals surface area contributed by atoms with Crippen LogP contribution < -0.4 is 4.74 Å². The van der Waals surface area contributed by atoms with Crippen LogP contribution >= 0.6 is 0 Å². The number of methoxy groups -OCH3 is 1. The van der Waals surface area contributed by atoms with Crippen LogP contribution in [0.3, 0.4) is 0 Å². The maximum Gasteiger partial charge on any atom is 0.227 e. The number of hydrogen-bond donors (Lipinski definition) is 0. The van der Waals surface area contributed by atoms with Gasteiger partial charge < -0.3 is 9.64 Å². The molecule has 0 saturated carbocycles. The van der Waals surface area contributed by atoms with Crippen LogP contribution in [0, 0.1) is 0 Å². The van der Waals surface area contributed by atoms with Crippen molar-refractivity contribution in [3.05, 3.63) is 78.1 Å². The van der Waals surface area contributed by atoms with Crippen molar-refractivity contribution in [1.82, 2.24) is 14.7 Å². The van der Waals surface area contributed by atoms with Gasteiger partial charge in [-0.2, -0.15) is 5.10 Å². The number of ether oxygens (including phenoxy) is 1. The Balaban J connectivity index is 1.65. The van der Waals surface area contributed by atoms with E-state index in [2.05, 4.69) is 5.10 Å². The Morgan fingerprint density at radius 1 is 1.12 bits per heavy atom. The summed E-state index contributed by atoms with van der Waals surface area (Å²) in [5, 5.41) is 4.37. The first kappa shape index (κ1) is 16.8. The van der Waals surface area contributed by atoms with E-state index in [4.69, 9.17) is 4.74 Å². The topological polar surface area (TPSA) is 47.4 Å². The molecule has 0 aliphatic rings. The van der Waals surface area contributed by atoms with Crippen LogP contribution in [0.25, 0.3) is 5.69 Å². The van der Waals surface area contributed by atoms with Gasteiger partial charge >= 0.3 is 0 Å². The van der Waals surface area contributed by atoms with Gasteiger partial charge in [-0.15, -0.1) is 0 Å². The second kappa shape index (κ2) is 7.66. The Kier molecular flexibility index (Phi) is 5.14. The summed E-state index contributed by atoms with van der Waals surface area (Å²) in [7, 11) is 3.42. The van der Waals surface area contributed by atoms with E-state index >= 15 is 0 Å². The minimum atomic E-state index is 0.0389. The van der Waals surface area contributed by atoms with E-state index in [0.717, 1.165) is 22.6 Å². The lowest BCUT2D eigenvalue weighted by Gasteiger charge is -2.17. The predicted molar refractivity (Wildman–Crippen MR) is 96.7 cm³/mol. The van der Waals surface area contributed by atoms with E-state index in [1.807, 2.05) is 65.5 Å². The van der Waals surface area contributed by atoms with E-state index < -0.39 is 0 Å². The largest absolute Gasteiger partial charge is 0.496 e. The van der Waals surface area contributed by atoms with Gasteiger partial charge in [0.1, 0.15) is 5.75 Å². The molecule has 0 fully saturated rings. The Labute approximate surface area is 147 Å². The fourth-order valence-corrected chi connectivity index (χ4v) is 2.67. The van der Waals surface area contributed by atoms with Crippen molar-refractivity contribution in [2.75, 3.05) is 14.2 Å². The lowest BCUT2D eigenvalue weighted by molar-refractivity contribution is -0.129. The van der Waals surface area contributed by atoms with E-state index in [-0.39, 0.29) is 5.91 Å². The van der Waals surface area contributed by atoms with Gasteiger partial charge in [0, 0.05) is 30.9 Å². The van der Waals surface area contributed by atoms with Gasteiger partial charge in [0.15, 0.2) is 0 Å². The van der Waals surface area contributed by atoms with E-state index in [1.165, 1.54) is 0 Å². The summed E-state index contributed by atoms with van der Waals surface area (Å²) < 4.78 is 7.13. The highest BCUT2D eigenvalue weighted by Gasteiger charge is 2.14. The smallest absolute Gasteiger partial charge is 0.227 e. The number of likely N-dealkylation sites (N-methyl/N-ethyl adjacent to an activating group) is 1. The van der Waals surface area contributed by atoms with E-state index in [0.29, 0.717) is 13.0 Å². The molecule has 5 heteroatoms. The molecule has 128 valence electrons. The van der Waals surface area contributed by atoms with Gasteiger partial charge in [-0.25, -0.2) is 4.68 Å². The number of rotatable bonds is 6. The molecule has 0 unspecified atom stereocenters. The van der Waals surface area contributed by atoms with Gasteiger partial charge in [-0.3, -0.25) is 4.79 Å². The van der Waals surface area contributed by atoms with Crippen LogP contribution in [0.1, 0.15) is 11.1 Å². The molecule has 1 heterocycles. The van der Waals surface area contributed by atoms with Crippen molar-refractivity contribution in [1.29, 1.82) is 0 Å². The summed E-state index contributed by atoms with van der Waals surface area (Å²) in [5.74, 6) is 0.776. The third-order valence-corrected chi connectivity index (χ3v) is 4.04. The van der Waals surface area contributed by atoms with Crippen LogP contribution in [0.4, 0.5) is 0 Å². The van der Waals surface area contributed by atoms with Crippen molar-refractivity contribution < 1.29 is 9.53 Å². The van der Waals surface area contributed by atoms with E-state index in [9.17, 15) is 4.79 Å². The standard InChI is InChI=1S/C20H21N3O2/c1-22(20(24)12-17-8-6-7-11-19(17)25-2)14-16-13-21-23(15-16)18-9-4-3-5-10-18/h3-11,13,15H,12,14H2,1-2H3. The van der Waals surface area contributed by atoms with Crippen molar-refractivity contribution in [2.45, 2.75) is 13.0 Å². The monoisotopic (exact) mass is 335 g/mol. The third-order valence-electron chi connectivity index (χ3n) is 4.04. The van der Waals surface area contributed by atoms with E-state index in [1.54, 1.807) is 25.3 Å². The number of amides is 1. The number of hydrogen-bond acceptors (Lipinski definition) is 3. The number of carbonyl (C=O) groups excluding carboxylic acids is 1. The van der Waals surface area contributed by atoms with Gasteiger partial charge in [-0.1, -0.05) is 36.4 Å². The second-order valence-corrected chi connectivity index (χ2v) is 5.87. The molecule has 0 aliphatic heterocycles. The number of benzene rings is 2. The molecular weight excluding hydrogens is 314 g/mol. The Bertz CT molecular complexity index is 843. The highest BCUT2D eigenvalue weighted by Crippen LogP contribution is 2.18. The zero-order valence-corrected chi connectivity index (χ0v) is 14.4. The summed E-state index contributed by atoms with van der Waals surface area (Å²) in [4.78, 5) is 14.2. The first-order valence-corrected chi connectivity index (χ1v) is 8.12. The zero-order chi connectivity index (χ0) is 17.6. The van der Waals surface area contributed by atoms with Gasteiger partial charge in [0.2, 0.25) is 5.91 Å². The van der Waals surface area contributed by atoms with Crippen LogP contribution in [0.5, 0.6) is 5.75 Å². The first-order valence-electron chi connectivity index (χ1n) is 8.12. The zero-order valence-electron chi connectivity index (χ0n) is 14.4. The van der Waals surface area contributed by atoms with Crippen LogP contribution in [-0.4, -0.2) is 34.7 Å². The maximum absolute atomic E-state index is 12.5. The quantitative estimate of drug-likeness (QED) is 0.695. The molecule has 0 aliphatic carbocycles. The maximum atomic E-state index is 12.5. The van der Waals surface area contributed by atoms with Crippen molar-refractivity contribution in [3.8, 4) is 11.4 Å². The molecule has 0 atom stereocenters. The highest BCUT2D eigenvalue weighted by atomic mass is 16.5. The molecule has 3 rings (SSSR count). The molecule has 0 N–H and O–H groups in total. The average Bonchev–Trinajstić information content (AvgIpc) is 3.11. The van der Waals surface area contributed by atoms with Crippen LogP contribution in [-0.2, 0) is 17.8 Å². The predicted octanol–water partition coefficient (Wildman–Crippen LogP) is 3.08. The molecule has 25 heavy (non-hydrogen) atoms. The highest BCUT2D eigenvalue weighted by molar-refractivity contribution is 5.79. The molecule has 3 aromatic rings. The number of nitrogens with zero attached hydrogens (tertiary/aromatic N) is 3. The summed E-state index contributed by atoms with van der Waals surface area (Å²) in [6.07, 6.45) is 4.05. The summed E-state index contributed by atoms with van der Waals surface area (Å²) >= 11 is 0. The first-order chi connectivity index (χ1) is 12.2. The molecule has 1 aromatic heterocycles. The molecular formula is C20H21N3O2. The minimum Gasteiger partial charge on any atom is -0.496 e.